The molecule has 1 aromatic rings. The predicted molar refractivity (Wildman–Crippen MR) is 88.1 cm³/mol. The van der Waals surface area contributed by atoms with Gasteiger partial charge in [0.05, 0.1) is 12.8 Å². The van der Waals surface area contributed by atoms with Gasteiger partial charge in [-0.3, -0.25) is 4.90 Å². The van der Waals surface area contributed by atoms with Crippen molar-refractivity contribution in [1.29, 1.82) is 0 Å². The number of rotatable bonds is 5. The summed E-state index contributed by atoms with van der Waals surface area (Å²) in [5.41, 5.74) is 3.22. The second-order valence-corrected chi connectivity index (χ2v) is 7.37. The van der Waals surface area contributed by atoms with Gasteiger partial charge in [-0.25, -0.2) is 0 Å². The molecule has 3 nitrogen and oxygen atoms in total. The van der Waals surface area contributed by atoms with E-state index in [0.29, 0.717) is 11.5 Å². The maximum atomic E-state index is 5.63. The SMILES string of the molecule is CC(C)NCc1occc1CN1CC=C(C(C)(C)C)CC1. The molecule has 1 aliphatic rings. The zero-order valence-corrected chi connectivity index (χ0v) is 14.2. The van der Waals surface area contributed by atoms with Gasteiger partial charge in [0.25, 0.3) is 0 Å². The zero-order valence-electron chi connectivity index (χ0n) is 14.2. The van der Waals surface area contributed by atoms with Crippen molar-refractivity contribution >= 4 is 0 Å². The van der Waals surface area contributed by atoms with Crippen LogP contribution in [0.15, 0.2) is 28.4 Å². The van der Waals surface area contributed by atoms with Gasteiger partial charge in [0.2, 0.25) is 0 Å². The molecule has 0 saturated carbocycles. The maximum absolute atomic E-state index is 5.63. The van der Waals surface area contributed by atoms with Crippen molar-refractivity contribution in [3.63, 3.8) is 0 Å². The summed E-state index contributed by atoms with van der Waals surface area (Å²) in [6.07, 6.45) is 5.41. The Hall–Kier alpha value is -1.06. The van der Waals surface area contributed by atoms with E-state index in [1.54, 1.807) is 5.57 Å². The number of hydrogen-bond acceptors (Lipinski definition) is 3. The molecule has 0 spiro atoms. The van der Waals surface area contributed by atoms with Gasteiger partial charge in [-0.05, 0) is 17.9 Å². The van der Waals surface area contributed by atoms with E-state index in [0.717, 1.165) is 31.9 Å². The standard InChI is InChI=1S/C18H30N2O/c1-14(2)19-12-17-15(8-11-21-17)13-20-9-6-16(7-10-20)18(3,4)5/h6,8,11,14,19H,7,9-10,12-13H2,1-5H3. The summed E-state index contributed by atoms with van der Waals surface area (Å²) in [7, 11) is 0. The van der Waals surface area contributed by atoms with Gasteiger partial charge >= 0.3 is 0 Å². The molecular formula is C18H30N2O. The average molecular weight is 290 g/mol. The molecular weight excluding hydrogens is 260 g/mol. The molecule has 1 aliphatic heterocycles. The summed E-state index contributed by atoms with van der Waals surface area (Å²) < 4.78 is 5.63. The summed E-state index contributed by atoms with van der Waals surface area (Å²) >= 11 is 0. The smallest absolute Gasteiger partial charge is 0.122 e. The van der Waals surface area contributed by atoms with Crippen molar-refractivity contribution in [2.24, 2.45) is 5.41 Å². The van der Waals surface area contributed by atoms with E-state index in [2.05, 4.69) is 57.0 Å². The predicted octanol–water partition coefficient (Wildman–Crippen LogP) is 3.96. The third kappa shape index (κ3) is 4.72. The second-order valence-electron chi connectivity index (χ2n) is 7.37. The first-order valence-corrected chi connectivity index (χ1v) is 8.07. The molecule has 0 aliphatic carbocycles. The molecule has 0 unspecified atom stereocenters. The molecule has 0 aromatic carbocycles. The minimum Gasteiger partial charge on any atom is -0.468 e. The molecule has 2 heterocycles. The lowest BCUT2D eigenvalue weighted by Crippen LogP contribution is -2.31. The third-order valence-corrected chi connectivity index (χ3v) is 4.16. The largest absolute Gasteiger partial charge is 0.468 e. The van der Waals surface area contributed by atoms with E-state index >= 15 is 0 Å². The summed E-state index contributed by atoms with van der Waals surface area (Å²) in [6.45, 7) is 15.2. The fourth-order valence-electron chi connectivity index (χ4n) is 2.74. The van der Waals surface area contributed by atoms with Crippen LogP contribution in [0.1, 0.15) is 52.4 Å². The highest BCUT2D eigenvalue weighted by molar-refractivity contribution is 5.19. The number of furan rings is 1. The topological polar surface area (TPSA) is 28.4 Å². The molecule has 1 aromatic heterocycles. The Balaban J connectivity index is 1.92. The molecule has 0 radical (unpaired) electrons. The van der Waals surface area contributed by atoms with Crippen molar-refractivity contribution < 1.29 is 4.42 Å². The summed E-state index contributed by atoms with van der Waals surface area (Å²) in [6, 6.07) is 2.59. The molecule has 0 bridgehead atoms. The van der Waals surface area contributed by atoms with Gasteiger partial charge in [0.15, 0.2) is 0 Å². The molecule has 0 atom stereocenters. The summed E-state index contributed by atoms with van der Waals surface area (Å²) in [4.78, 5) is 2.50. The van der Waals surface area contributed by atoms with Gasteiger partial charge in [-0.1, -0.05) is 46.3 Å². The fraction of sp³-hybridized carbons (Fsp3) is 0.667. The molecule has 0 fully saturated rings. The van der Waals surface area contributed by atoms with Gasteiger partial charge in [-0.2, -0.15) is 0 Å². The van der Waals surface area contributed by atoms with Crippen LogP contribution in [0.2, 0.25) is 0 Å². The summed E-state index contributed by atoms with van der Waals surface area (Å²) in [5, 5.41) is 3.43. The highest BCUT2D eigenvalue weighted by atomic mass is 16.3. The lowest BCUT2D eigenvalue weighted by Gasteiger charge is -2.32. The Bertz CT molecular complexity index is 480. The first-order valence-electron chi connectivity index (χ1n) is 8.07. The molecule has 21 heavy (non-hydrogen) atoms. The second kappa shape index (κ2) is 6.80. The van der Waals surface area contributed by atoms with Crippen LogP contribution in [0.4, 0.5) is 0 Å². The Morgan fingerprint density at radius 3 is 2.67 bits per heavy atom. The summed E-state index contributed by atoms with van der Waals surface area (Å²) in [5.74, 6) is 1.08. The van der Waals surface area contributed by atoms with Crippen LogP contribution in [0.25, 0.3) is 0 Å². The fourth-order valence-corrected chi connectivity index (χ4v) is 2.74. The minimum atomic E-state index is 0.314. The lowest BCUT2D eigenvalue weighted by molar-refractivity contribution is 0.269. The third-order valence-electron chi connectivity index (χ3n) is 4.16. The van der Waals surface area contributed by atoms with E-state index < -0.39 is 0 Å². The first-order chi connectivity index (χ1) is 9.86. The van der Waals surface area contributed by atoms with E-state index in [1.165, 1.54) is 12.0 Å². The van der Waals surface area contributed by atoms with E-state index in [4.69, 9.17) is 4.42 Å². The van der Waals surface area contributed by atoms with Crippen LogP contribution >= 0.6 is 0 Å². The van der Waals surface area contributed by atoms with Gasteiger partial charge in [0, 0.05) is 31.2 Å². The molecule has 3 heteroatoms. The average Bonchev–Trinajstić information content (AvgIpc) is 2.83. The van der Waals surface area contributed by atoms with Gasteiger partial charge in [-0.15, -0.1) is 0 Å². The van der Waals surface area contributed by atoms with E-state index in [9.17, 15) is 0 Å². The Labute approximate surface area is 129 Å². The van der Waals surface area contributed by atoms with Gasteiger partial charge < -0.3 is 9.73 Å². The Kier molecular flexibility index (Phi) is 5.28. The normalized spacial score (nSPS) is 17.3. The molecule has 0 saturated heterocycles. The molecule has 2 rings (SSSR count). The lowest BCUT2D eigenvalue weighted by atomic mass is 9.83. The maximum Gasteiger partial charge on any atom is 0.122 e. The van der Waals surface area contributed by atoms with Crippen molar-refractivity contribution in [2.75, 3.05) is 13.1 Å². The Morgan fingerprint density at radius 1 is 1.33 bits per heavy atom. The van der Waals surface area contributed by atoms with Crippen LogP contribution in [0, 0.1) is 5.41 Å². The monoisotopic (exact) mass is 290 g/mol. The van der Waals surface area contributed by atoms with Crippen LogP contribution in [0.3, 0.4) is 0 Å². The van der Waals surface area contributed by atoms with Crippen molar-refractivity contribution in [3.05, 3.63) is 35.3 Å². The minimum absolute atomic E-state index is 0.314. The first kappa shape index (κ1) is 16.3. The van der Waals surface area contributed by atoms with Crippen molar-refractivity contribution in [2.45, 2.75) is 60.2 Å². The van der Waals surface area contributed by atoms with Crippen LogP contribution in [-0.2, 0) is 13.1 Å². The number of hydrogen-bond donors (Lipinski definition) is 1. The van der Waals surface area contributed by atoms with Crippen molar-refractivity contribution in [3.8, 4) is 0 Å². The number of nitrogens with zero attached hydrogens (tertiary/aromatic N) is 1. The highest BCUT2D eigenvalue weighted by Crippen LogP contribution is 2.30. The van der Waals surface area contributed by atoms with Gasteiger partial charge in [0.1, 0.15) is 5.76 Å². The molecule has 118 valence electrons. The van der Waals surface area contributed by atoms with Crippen LogP contribution in [-0.4, -0.2) is 24.0 Å². The van der Waals surface area contributed by atoms with E-state index in [-0.39, 0.29) is 0 Å². The quantitative estimate of drug-likeness (QED) is 0.832. The van der Waals surface area contributed by atoms with Crippen LogP contribution in [0.5, 0.6) is 0 Å². The molecule has 0 amide bonds. The van der Waals surface area contributed by atoms with Crippen LogP contribution < -0.4 is 5.32 Å². The zero-order chi connectivity index (χ0) is 15.5. The van der Waals surface area contributed by atoms with Crippen molar-refractivity contribution in [1.82, 2.24) is 10.2 Å². The Morgan fingerprint density at radius 2 is 2.10 bits per heavy atom. The van der Waals surface area contributed by atoms with E-state index in [1.807, 2.05) is 6.26 Å². The highest BCUT2D eigenvalue weighted by Gasteiger charge is 2.22. The molecule has 1 N–H and O–H groups in total. The number of nitrogens with one attached hydrogen (secondary N) is 1.